The molecule has 0 saturated carbocycles. The van der Waals surface area contributed by atoms with Crippen molar-refractivity contribution in [1.82, 2.24) is 9.97 Å². The van der Waals surface area contributed by atoms with E-state index in [1.807, 2.05) is 0 Å². The van der Waals surface area contributed by atoms with Gasteiger partial charge in [-0.05, 0) is 19.1 Å². The first kappa shape index (κ1) is 11.8. The van der Waals surface area contributed by atoms with Crippen LogP contribution in [-0.4, -0.2) is 9.97 Å². The molecule has 2 N–H and O–H groups in total. The Bertz CT molecular complexity index is 549. The molecule has 0 aliphatic rings. The Morgan fingerprint density at radius 3 is 2.53 bits per heavy atom. The van der Waals surface area contributed by atoms with Gasteiger partial charge in [0.1, 0.15) is 6.33 Å². The van der Waals surface area contributed by atoms with Crippen molar-refractivity contribution in [2.45, 2.75) is 19.1 Å². The van der Waals surface area contributed by atoms with Gasteiger partial charge in [-0.15, -0.1) is 0 Å². The number of hydrogen-bond donors (Lipinski definition) is 1. The second-order valence-electron chi connectivity index (χ2n) is 3.78. The number of hydrogen-bond acceptors (Lipinski definition) is 3. The van der Waals surface area contributed by atoms with Gasteiger partial charge in [0.25, 0.3) is 0 Å². The maximum atomic E-state index is 12.5. The van der Waals surface area contributed by atoms with E-state index in [2.05, 4.69) is 9.97 Å². The Morgan fingerprint density at radius 1 is 1.24 bits per heavy atom. The molecule has 2 rings (SSSR count). The van der Waals surface area contributed by atoms with Gasteiger partial charge in [0.2, 0.25) is 0 Å². The molecule has 0 saturated heterocycles. The zero-order valence-corrected chi connectivity index (χ0v) is 8.99. The van der Waals surface area contributed by atoms with Crippen molar-refractivity contribution in [3.8, 4) is 0 Å². The van der Waals surface area contributed by atoms with Crippen molar-refractivity contribution in [2.75, 3.05) is 0 Å². The highest BCUT2D eigenvalue weighted by Crippen LogP contribution is 2.31. The number of benzene rings is 1. The van der Waals surface area contributed by atoms with Crippen molar-refractivity contribution < 1.29 is 13.2 Å². The number of rotatable bonds is 1. The summed E-state index contributed by atoms with van der Waals surface area (Å²) in [6.07, 6.45) is -3.14. The van der Waals surface area contributed by atoms with E-state index in [0.717, 1.165) is 12.1 Å². The molecular formula is C11H10F3N3. The van der Waals surface area contributed by atoms with E-state index in [4.69, 9.17) is 5.73 Å². The van der Waals surface area contributed by atoms with Crippen LogP contribution in [0.3, 0.4) is 0 Å². The van der Waals surface area contributed by atoms with Crippen LogP contribution >= 0.6 is 0 Å². The molecule has 0 aliphatic heterocycles. The first-order valence-electron chi connectivity index (χ1n) is 4.97. The molecule has 1 unspecified atom stereocenters. The minimum Gasteiger partial charge on any atom is -0.323 e. The molecule has 0 radical (unpaired) electrons. The van der Waals surface area contributed by atoms with Crippen molar-refractivity contribution in [3.05, 3.63) is 35.8 Å². The third kappa shape index (κ3) is 2.21. The number of alkyl halides is 3. The van der Waals surface area contributed by atoms with Gasteiger partial charge in [-0.2, -0.15) is 13.2 Å². The number of nitrogens with zero attached hydrogens (tertiary/aromatic N) is 2. The van der Waals surface area contributed by atoms with E-state index < -0.39 is 11.7 Å². The van der Waals surface area contributed by atoms with Gasteiger partial charge in [-0.3, -0.25) is 0 Å². The summed E-state index contributed by atoms with van der Waals surface area (Å²) in [6, 6.07) is 3.02. The average molecular weight is 241 g/mol. The fourth-order valence-electron chi connectivity index (χ4n) is 1.62. The predicted molar refractivity (Wildman–Crippen MR) is 57.1 cm³/mol. The number of nitrogens with two attached hydrogens (primary N) is 1. The lowest BCUT2D eigenvalue weighted by molar-refractivity contribution is -0.137. The van der Waals surface area contributed by atoms with Gasteiger partial charge < -0.3 is 5.73 Å². The van der Waals surface area contributed by atoms with Crippen molar-refractivity contribution >= 4 is 10.9 Å². The van der Waals surface area contributed by atoms with E-state index >= 15 is 0 Å². The van der Waals surface area contributed by atoms with Crippen LogP contribution in [0.4, 0.5) is 13.2 Å². The summed E-state index contributed by atoms with van der Waals surface area (Å²) in [6.45, 7) is 1.72. The van der Waals surface area contributed by atoms with Crippen LogP contribution in [0.5, 0.6) is 0 Å². The summed E-state index contributed by atoms with van der Waals surface area (Å²) in [5, 5.41) is 0.551. The maximum Gasteiger partial charge on any atom is 0.416 e. The largest absolute Gasteiger partial charge is 0.416 e. The van der Waals surface area contributed by atoms with E-state index in [1.165, 1.54) is 12.4 Å². The summed E-state index contributed by atoms with van der Waals surface area (Å²) >= 11 is 0. The normalized spacial score (nSPS) is 13.9. The van der Waals surface area contributed by atoms with Gasteiger partial charge in [0.05, 0.1) is 16.8 Å². The van der Waals surface area contributed by atoms with E-state index in [-0.39, 0.29) is 11.6 Å². The van der Waals surface area contributed by atoms with Crippen molar-refractivity contribution in [2.24, 2.45) is 5.73 Å². The highest BCUT2D eigenvalue weighted by atomic mass is 19.4. The summed E-state index contributed by atoms with van der Waals surface area (Å²) in [5.41, 5.74) is 5.77. The van der Waals surface area contributed by atoms with Gasteiger partial charge in [-0.1, -0.05) is 6.07 Å². The summed E-state index contributed by atoms with van der Waals surface area (Å²) in [7, 11) is 0. The topological polar surface area (TPSA) is 51.8 Å². The molecule has 0 fully saturated rings. The molecule has 1 aromatic carbocycles. The molecule has 1 heterocycles. The Labute approximate surface area is 95.5 Å². The molecule has 90 valence electrons. The summed E-state index contributed by atoms with van der Waals surface area (Å²) < 4.78 is 37.5. The quantitative estimate of drug-likeness (QED) is 0.835. The Kier molecular flexibility index (Phi) is 2.74. The maximum absolute atomic E-state index is 12.5. The third-order valence-electron chi connectivity index (χ3n) is 2.43. The fourth-order valence-corrected chi connectivity index (χ4v) is 1.62. The number of halogens is 3. The van der Waals surface area contributed by atoms with Crippen molar-refractivity contribution in [3.63, 3.8) is 0 Å². The molecular weight excluding hydrogens is 231 g/mol. The molecule has 0 bridgehead atoms. The monoisotopic (exact) mass is 241 g/mol. The minimum atomic E-state index is -4.37. The fraction of sp³-hybridized carbons (Fsp3) is 0.273. The zero-order valence-electron chi connectivity index (χ0n) is 8.99. The SMILES string of the molecule is CC(N)c1ncnc2cc(C(F)(F)F)ccc12. The lowest BCUT2D eigenvalue weighted by Crippen LogP contribution is -2.09. The van der Waals surface area contributed by atoms with E-state index in [0.29, 0.717) is 11.1 Å². The standard InChI is InChI=1S/C11H10F3N3/c1-6(15)10-8-3-2-7(11(12,13)14)4-9(8)16-5-17-10/h2-6H,15H2,1H3. The molecule has 0 aliphatic carbocycles. The molecule has 6 heteroatoms. The molecule has 2 aromatic rings. The minimum absolute atomic E-state index is 0.252. The van der Waals surface area contributed by atoms with Crippen LogP contribution in [0.25, 0.3) is 10.9 Å². The molecule has 17 heavy (non-hydrogen) atoms. The van der Waals surface area contributed by atoms with Crippen LogP contribution < -0.4 is 5.73 Å². The lowest BCUT2D eigenvalue weighted by Gasteiger charge is -2.10. The summed E-state index contributed by atoms with van der Waals surface area (Å²) in [4.78, 5) is 7.81. The zero-order chi connectivity index (χ0) is 12.6. The predicted octanol–water partition coefficient (Wildman–Crippen LogP) is 2.67. The average Bonchev–Trinajstić information content (AvgIpc) is 2.26. The highest BCUT2D eigenvalue weighted by molar-refractivity contribution is 5.81. The van der Waals surface area contributed by atoms with Crippen LogP contribution in [0.15, 0.2) is 24.5 Å². The first-order valence-corrected chi connectivity index (χ1v) is 4.97. The van der Waals surface area contributed by atoms with Gasteiger partial charge in [0, 0.05) is 11.4 Å². The Balaban J connectivity index is 2.65. The Morgan fingerprint density at radius 2 is 1.94 bits per heavy atom. The Hall–Kier alpha value is -1.69. The molecule has 1 aromatic heterocycles. The molecule has 0 amide bonds. The smallest absolute Gasteiger partial charge is 0.323 e. The molecule has 1 atom stereocenters. The van der Waals surface area contributed by atoms with Gasteiger partial charge in [0.15, 0.2) is 0 Å². The van der Waals surface area contributed by atoms with Crippen molar-refractivity contribution in [1.29, 1.82) is 0 Å². The van der Waals surface area contributed by atoms with Crippen LogP contribution in [0.1, 0.15) is 24.2 Å². The number of aromatic nitrogens is 2. The van der Waals surface area contributed by atoms with E-state index in [1.54, 1.807) is 6.92 Å². The molecule has 0 spiro atoms. The highest BCUT2D eigenvalue weighted by Gasteiger charge is 2.30. The van der Waals surface area contributed by atoms with Gasteiger partial charge in [-0.25, -0.2) is 9.97 Å². The first-order chi connectivity index (χ1) is 7.89. The van der Waals surface area contributed by atoms with Crippen LogP contribution in [-0.2, 0) is 6.18 Å². The number of fused-ring (bicyclic) bond motifs is 1. The van der Waals surface area contributed by atoms with Crippen LogP contribution in [0.2, 0.25) is 0 Å². The second kappa shape index (κ2) is 3.96. The second-order valence-corrected chi connectivity index (χ2v) is 3.78. The summed E-state index contributed by atoms with van der Waals surface area (Å²) in [5.74, 6) is 0. The third-order valence-corrected chi connectivity index (χ3v) is 2.43. The van der Waals surface area contributed by atoms with Gasteiger partial charge >= 0.3 is 6.18 Å². The van der Waals surface area contributed by atoms with Crippen LogP contribution in [0, 0.1) is 0 Å². The molecule has 3 nitrogen and oxygen atoms in total. The van der Waals surface area contributed by atoms with E-state index in [9.17, 15) is 13.2 Å². The lowest BCUT2D eigenvalue weighted by atomic mass is 10.1.